The van der Waals surface area contributed by atoms with E-state index >= 15 is 0 Å². The fourth-order valence-electron chi connectivity index (χ4n) is 3.64. The highest BCUT2D eigenvalue weighted by Gasteiger charge is 2.40. The van der Waals surface area contributed by atoms with Crippen LogP contribution in [0.15, 0.2) is 47.7 Å². The summed E-state index contributed by atoms with van der Waals surface area (Å²) in [4.78, 5) is 21.1. The number of aromatic nitrogens is 4. The van der Waals surface area contributed by atoms with Crippen LogP contribution in [-0.2, 0) is 19.9 Å². The second-order valence-electron chi connectivity index (χ2n) is 7.84. The molecule has 0 bridgehead atoms. The molecule has 0 spiro atoms. The molecule has 30 heavy (non-hydrogen) atoms. The zero-order valence-electron chi connectivity index (χ0n) is 17.5. The predicted molar refractivity (Wildman–Crippen MR) is 113 cm³/mol. The summed E-state index contributed by atoms with van der Waals surface area (Å²) in [5.74, 6) is 2.06. The van der Waals surface area contributed by atoms with Crippen LogP contribution in [0.2, 0.25) is 0 Å². The number of nitrogens with zero attached hydrogens (tertiary/aromatic N) is 4. The maximum Gasteiger partial charge on any atom is 0.269 e. The van der Waals surface area contributed by atoms with Crippen molar-refractivity contribution < 1.29 is 9.47 Å². The molecular formula is C23H26N4O3. The van der Waals surface area contributed by atoms with Gasteiger partial charge >= 0.3 is 0 Å². The lowest BCUT2D eigenvalue weighted by molar-refractivity contribution is 0.277. The van der Waals surface area contributed by atoms with Crippen molar-refractivity contribution in [2.75, 3.05) is 13.7 Å². The Morgan fingerprint density at radius 3 is 2.77 bits per heavy atom. The Bertz CT molecular complexity index is 1080. The minimum atomic E-state index is -0.0882. The number of ether oxygens (including phenoxy) is 2. The Balaban J connectivity index is 1.37. The molecular weight excluding hydrogens is 380 g/mol. The Morgan fingerprint density at radius 2 is 2.03 bits per heavy atom. The lowest BCUT2D eigenvalue weighted by Gasteiger charge is -2.09. The van der Waals surface area contributed by atoms with Gasteiger partial charge in [-0.25, -0.2) is 4.68 Å². The molecule has 0 unspecified atom stereocenters. The molecule has 1 aliphatic carbocycles. The molecule has 2 atom stereocenters. The molecule has 0 aromatic carbocycles. The Morgan fingerprint density at radius 1 is 1.17 bits per heavy atom. The van der Waals surface area contributed by atoms with Gasteiger partial charge in [-0.15, -0.1) is 5.10 Å². The monoisotopic (exact) mass is 406 g/mol. The van der Waals surface area contributed by atoms with E-state index in [-0.39, 0.29) is 5.56 Å². The molecule has 0 amide bonds. The average molecular weight is 406 g/mol. The van der Waals surface area contributed by atoms with Crippen molar-refractivity contribution in [3.05, 3.63) is 75.6 Å². The standard InChI is InChI=1S/C23H26N4O3/c1-15-8-16(12-24-11-15)4-5-17-10-22(26-27(2)23(17)28)30-14-18-9-20(18)21-7-6-19(29-3)13-25-21/h6-8,10-13,18,20H,4-5,9,14H2,1-3H3/t18-,20+/m1/s1. The van der Waals surface area contributed by atoms with Gasteiger partial charge in [-0.3, -0.25) is 14.8 Å². The Labute approximate surface area is 175 Å². The van der Waals surface area contributed by atoms with E-state index in [9.17, 15) is 4.79 Å². The Hall–Kier alpha value is -3.22. The topological polar surface area (TPSA) is 79.1 Å². The zero-order chi connectivity index (χ0) is 21.1. The molecule has 1 aliphatic rings. The predicted octanol–water partition coefficient (Wildman–Crippen LogP) is 2.86. The van der Waals surface area contributed by atoms with Gasteiger partial charge in [0.05, 0.1) is 19.9 Å². The molecule has 3 aromatic rings. The van der Waals surface area contributed by atoms with Crippen LogP contribution in [0, 0.1) is 12.8 Å². The van der Waals surface area contributed by atoms with Gasteiger partial charge in [-0.1, -0.05) is 6.07 Å². The van der Waals surface area contributed by atoms with Crippen LogP contribution in [-0.4, -0.2) is 33.5 Å². The summed E-state index contributed by atoms with van der Waals surface area (Å²) in [7, 11) is 3.30. The number of hydrogen-bond donors (Lipinski definition) is 0. The van der Waals surface area contributed by atoms with Crippen molar-refractivity contribution in [2.45, 2.75) is 32.1 Å². The van der Waals surface area contributed by atoms with E-state index in [1.165, 1.54) is 4.68 Å². The third-order valence-corrected chi connectivity index (χ3v) is 5.47. The van der Waals surface area contributed by atoms with Crippen molar-refractivity contribution in [3.8, 4) is 11.6 Å². The van der Waals surface area contributed by atoms with E-state index in [0.29, 0.717) is 36.3 Å². The van der Waals surface area contributed by atoms with Crippen molar-refractivity contribution in [1.82, 2.24) is 19.7 Å². The molecule has 1 saturated carbocycles. The summed E-state index contributed by atoms with van der Waals surface area (Å²) in [6.45, 7) is 2.57. The van der Waals surface area contributed by atoms with E-state index in [1.54, 1.807) is 26.4 Å². The fraction of sp³-hybridized carbons (Fsp3) is 0.391. The van der Waals surface area contributed by atoms with Gasteiger partial charge in [-0.2, -0.15) is 0 Å². The molecule has 1 fully saturated rings. The third kappa shape index (κ3) is 4.67. The highest BCUT2D eigenvalue weighted by Crippen LogP contribution is 2.46. The van der Waals surface area contributed by atoms with Gasteiger partial charge in [-0.05, 0) is 49.4 Å². The normalized spacial score (nSPS) is 17.6. The number of methoxy groups -OCH3 is 1. The molecule has 7 nitrogen and oxygen atoms in total. The van der Waals surface area contributed by atoms with Crippen molar-refractivity contribution in [2.24, 2.45) is 13.0 Å². The number of hydrogen-bond acceptors (Lipinski definition) is 6. The summed E-state index contributed by atoms with van der Waals surface area (Å²) < 4.78 is 12.5. The fourth-order valence-corrected chi connectivity index (χ4v) is 3.64. The van der Waals surface area contributed by atoms with Crippen molar-refractivity contribution in [1.29, 1.82) is 0 Å². The second kappa shape index (κ2) is 8.65. The summed E-state index contributed by atoms with van der Waals surface area (Å²) in [6.07, 6.45) is 7.83. The largest absolute Gasteiger partial charge is 0.495 e. The van der Waals surface area contributed by atoms with Crippen LogP contribution in [0.25, 0.3) is 0 Å². The average Bonchev–Trinajstić information content (AvgIpc) is 3.53. The molecule has 7 heteroatoms. The number of rotatable bonds is 8. The minimum absolute atomic E-state index is 0.0882. The van der Waals surface area contributed by atoms with Crippen LogP contribution in [0.1, 0.15) is 34.7 Å². The highest BCUT2D eigenvalue weighted by atomic mass is 16.5. The van der Waals surface area contributed by atoms with E-state index in [2.05, 4.69) is 21.1 Å². The maximum absolute atomic E-state index is 12.5. The van der Waals surface area contributed by atoms with Crippen LogP contribution >= 0.6 is 0 Å². The lowest BCUT2D eigenvalue weighted by Crippen LogP contribution is -2.24. The van der Waals surface area contributed by atoms with E-state index in [0.717, 1.165) is 35.4 Å². The van der Waals surface area contributed by atoms with E-state index < -0.39 is 0 Å². The first-order valence-corrected chi connectivity index (χ1v) is 10.1. The highest BCUT2D eigenvalue weighted by molar-refractivity contribution is 5.26. The summed E-state index contributed by atoms with van der Waals surface area (Å²) in [6, 6.07) is 7.81. The van der Waals surface area contributed by atoms with Crippen LogP contribution in [0.4, 0.5) is 0 Å². The third-order valence-electron chi connectivity index (χ3n) is 5.47. The summed E-state index contributed by atoms with van der Waals surface area (Å²) in [5, 5.41) is 4.26. The first-order chi connectivity index (χ1) is 14.5. The van der Waals surface area contributed by atoms with Crippen molar-refractivity contribution >= 4 is 0 Å². The van der Waals surface area contributed by atoms with Gasteiger partial charge in [0.2, 0.25) is 5.88 Å². The zero-order valence-corrected chi connectivity index (χ0v) is 17.5. The van der Waals surface area contributed by atoms with Gasteiger partial charge in [0.1, 0.15) is 5.75 Å². The molecule has 4 rings (SSSR count). The van der Waals surface area contributed by atoms with Gasteiger partial charge in [0.25, 0.3) is 5.56 Å². The van der Waals surface area contributed by atoms with Gasteiger partial charge in [0.15, 0.2) is 0 Å². The molecule has 3 aromatic heterocycles. The summed E-state index contributed by atoms with van der Waals surface area (Å²) in [5.41, 5.74) is 3.90. The number of pyridine rings is 2. The molecule has 3 heterocycles. The molecule has 0 radical (unpaired) electrons. The van der Waals surface area contributed by atoms with E-state index in [1.807, 2.05) is 31.5 Å². The summed E-state index contributed by atoms with van der Waals surface area (Å²) >= 11 is 0. The lowest BCUT2D eigenvalue weighted by atomic mass is 10.1. The van der Waals surface area contributed by atoms with Gasteiger partial charge < -0.3 is 9.47 Å². The quantitative estimate of drug-likeness (QED) is 0.572. The smallest absolute Gasteiger partial charge is 0.269 e. The van der Waals surface area contributed by atoms with Gasteiger partial charge in [0, 0.05) is 48.6 Å². The van der Waals surface area contributed by atoms with Crippen LogP contribution in [0.3, 0.4) is 0 Å². The van der Waals surface area contributed by atoms with Crippen LogP contribution < -0.4 is 15.0 Å². The first-order valence-electron chi connectivity index (χ1n) is 10.1. The molecule has 0 aliphatic heterocycles. The maximum atomic E-state index is 12.5. The molecule has 156 valence electrons. The van der Waals surface area contributed by atoms with Crippen LogP contribution in [0.5, 0.6) is 11.6 Å². The number of aryl methyl sites for hydroxylation is 4. The first kappa shape index (κ1) is 20.1. The second-order valence-corrected chi connectivity index (χ2v) is 7.84. The SMILES string of the molecule is COc1ccc([C@H]2C[C@@H]2COc2cc(CCc3cncc(C)c3)c(=O)n(C)n2)nc1. The van der Waals surface area contributed by atoms with E-state index in [4.69, 9.17) is 9.47 Å². The minimum Gasteiger partial charge on any atom is -0.495 e. The molecule has 0 N–H and O–H groups in total. The van der Waals surface area contributed by atoms with Crippen molar-refractivity contribution in [3.63, 3.8) is 0 Å². The Kier molecular flexibility index (Phi) is 5.79. The molecule has 0 saturated heterocycles.